The van der Waals surface area contributed by atoms with Gasteiger partial charge in [-0.25, -0.2) is 31.7 Å². The first-order valence-electron chi connectivity index (χ1n) is 10.3. The Morgan fingerprint density at radius 3 is 2.49 bits per heavy atom. The van der Waals surface area contributed by atoms with E-state index >= 15 is 0 Å². The summed E-state index contributed by atoms with van der Waals surface area (Å²) in [6.07, 6.45) is -0.0387. The van der Waals surface area contributed by atoms with Gasteiger partial charge in [-0.2, -0.15) is 4.36 Å². The normalized spacial score (nSPS) is 13.4. The van der Waals surface area contributed by atoms with Gasteiger partial charge >= 0.3 is 0 Å². The fourth-order valence-corrected chi connectivity index (χ4v) is 3.62. The fraction of sp³-hybridized carbons (Fsp3) is 0.318. The van der Waals surface area contributed by atoms with Crippen LogP contribution in [-0.2, 0) is 14.5 Å². The van der Waals surface area contributed by atoms with Crippen molar-refractivity contribution in [3.63, 3.8) is 0 Å². The van der Waals surface area contributed by atoms with Gasteiger partial charge in [0.05, 0.1) is 28.3 Å². The minimum Gasteiger partial charge on any atom is -0.479 e. The van der Waals surface area contributed by atoms with E-state index in [0.717, 1.165) is 31.5 Å². The summed E-state index contributed by atoms with van der Waals surface area (Å²) in [5.74, 6) is -2.38. The Kier molecular flexibility index (Phi) is 7.78. The Morgan fingerprint density at radius 2 is 1.83 bits per heavy atom. The summed E-state index contributed by atoms with van der Waals surface area (Å²) in [7, 11) is -2.54. The van der Waals surface area contributed by atoms with Crippen LogP contribution in [0.15, 0.2) is 41.0 Å². The number of nitrogens with one attached hydrogen (secondary N) is 2. The number of carbonyl (C=O) groups is 1. The van der Waals surface area contributed by atoms with Crippen LogP contribution in [0.4, 0.5) is 34.8 Å². The summed E-state index contributed by atoms with van der Waals surface area (Å²) in [4.78, 5) is 20.3. The lowest BCUT2D eigenvalue weighted by atomic mass is 10.2. The molecule has 188 valence electrons. The zero-order valence-electron chi connectivity index (χ0n) is 19.2. The van der Waals surface area contributed by atoms with Crippen molar-refractivity contribution in [2.75, 3.05) is 17.8 Å². The third-order valence-electron chi connectivity index (χ3n) is 4.62. The summed E-state index contributed by atoms with van der Waals surface area (Å²) in [6, 6.07) is 4.50. The number of halogens is 4. The predicted octanol–water partition coefficient (Wildman–Crippen LogP) is 4.55. The number of aromatic nitrogens is 2. The quantitative estimate of drug-likeness (QED) is 0.428. The Labute approximate surface area is 199 Å². The standard InChI is InChI=1S/C22H23F4N5O3S/c1-11(20(25)26)29-22(32)12(2)34-18-7-13(23)5-6-16(18)30-21-19-15(24)8-14(31-35(3,4)33)9-17(19)27-10-28-21/h5-12,20H,1-4H3,(H,29,32)(H,27,28,30)/t11?,12-/m1/s1. The molecule has 0 radical (unpaired) electrons. The number of hydrogen-bond acceptors (Lipinski definition) is 7. The van der Waals surface area contributed by atoms with E-state index in [1.54, 1.807) is 0 Å². The van der Waals surface area contributed by atoms with E-state index in [-0.39, 0.29) is 33.8 Å². The predicted molar refractivity (Wildman–Crippen MR) is 125 cm³/mol. The number of anilines is 2. The average Bonchev–Trinajstić information content (AvgIpc) is 2.74. The summed E-state index contributed by atoms with van der Waals surface area (Å²) >= 11 is 0. The van der Waals surface area contributed by atoms with Gasteiger partial charge in [0.1, 0.15) is 29.5 Å². The topological polar surface area (TPSA) is 106 Å². The van der Waals surface area contributed by atoms with Gasteiger partial charge in [-0.3, -0.25) is 4.79 Å². The maximum Gasteiger partial charge on any atom is 0.261 e. The van der Waals surface area contributed by atoms with Crippen molar-refractivity contribution in [2.24, 2.45) is 4.36 Å². The molecule has 8 nitrogen and oxygen atoms in total. The average molecular weight is 514 g/mol. The second-order valence-electron chi connectivity index (χ2n) is 7.97. The van der Waals surface area contributed by atoms with Gasteiger partial charge in [-0.05, 0) is 32.0 Å². The maximum atomic E-state index is 15.0. The lowest BCUT2D eigenvalue weighted by Gasteiger charge is -2.20. The van der Waals surface area contributed by atoms with Crippen LogP contribution in [-0.4, -0.2) is 51.2 Å². The molecule has 35 heavy (non-hydrogen) atoms. The van der Waals surface area contributed by atoms with Crippen molar-refractivity contribution in [2.45, 2.75) is 32.4 Å². The highest BCUT2D eigenvalue weighted by Crippen LogP contribution is 2.33. The molecule has 0 aliphatic rings. The Bertz CT molecular complexity index is 1370. The molecule has 0 aliphatic carbocycles. The Morgan fingerprint density at radius 1 is 1.11 bits per heavy atom. The molecule has 0 fully saturated rings. The van der Waals surface area contributed by atoms with E-state index in [4.69, 9.17) is 4.74 Å². The van der Waals surface area contributed by atoms with Crippen molar-refractivity contribution in [3.05, 3.63) is 48.3 Å². The molecule has 1 heterocycles. The lowest BCUT2D eigenvalue weighted by molar-refractivity contribution is -0.129. The van der Waals surface area contributed by atoms with Gasteiger partial charge in [0.15, 0.2) is 6.10 Å². The Hall–Kier alpha value is -3.48. The molecule has 0 saturated carbocycles. The van der Waals surface area contributed by atoms with Crippen molar-refractivity contribution in [1.29, 1.82) is 0 Å². The number of rotatable bonds is 8. The summed E-state index contributed by atoms with van der Waals surface area (Å²) < 4.78 is 75.8. The first kappa shape index (κ1) is 26.1. The summed E-state index contributed by atoms with van der Waals surface area (Å²) in [5, 5.41) is 4.92. The molecule has 0 aliphatic heterocycles. The fourth-order valence-electron chi connectivity index (χ4n) is 3.00. The number of carbonyl (C=O) groups excluding carboxylic acids is 1. The largest absolute Gasteiger partial charge is 0.479 e. The molecule has 2 atom stereocenters. The summed E-state index contributed by atoms with van der Waals surface area (Å²) in [5.41, 5.74) is 0.438. The molecule has 0 saturated heterocycles. The first-order valence-corrected chi connectivity index (χ1v) is 12.6. The van der Waals surface area contributed by atoms with Crippen LogP contribution in [0.5, 0.6) is 5.75 Å². The van der Waals surface area contributed by atoms with Gasteiger partial charge in [0.25, 0.3) is 12.3 Å². The summed E-state index contributed by atoms with van der Waals surface area (Å²) in [6.45, 7) is 2.45. The van der Waals surface area contributed by atoms with E-state index in [0.29, 0.717) is 0 Å². The van der Waals surface area contributed by atoms with E-state index in [2.05, 4.69) is 25.0 Å². The SMILES string of the molecule is CC(NC(=O)[C@@H](C)Oc1cc(F)ccc1Nc1ncnc2cc(N=S(C)(C)=O)cc(F)c12)C(F)F. The van der Waals surface area contributed by atoms with Gasteiger partial charge < -0.3 is 15.4 Å². The molecule has 1 unspecified atom stereocenters. The van der Waals surface area contributed by atoms with E-state index in [9.17, 15) is 26.6 Å². The molecule has 3 rings (SSSR count). The second-order valence-corrected chi connectivity index (χ2v) is 10.5. The van der Waals surface area contributed by atoms with E-state index in [1.165, 1.54) is 31.6 Å². The van der Waals surface area contributed by atoms with E-state index in [1.807, 2.05) is 0 Å². The molecule has 0 bridgehead atoms. The van der Waals surface area contributed by atoms with Crippen LogP contribution < -0.4 is 15.4 Å². The number of hydrogen-bond donors (Lipinski definition) is 2. The maximum absolute atomic E-state index is 15.0. The second kappa shape index (κ2) is 10.4. The lowest BCUT2D eigenvalue weighted by Crippen LogP contribution is -2.44. The number of amides is 1. The molecule has 2 N–H and O–H groups in total. The highest BCUT2D eigenvalue weighted by atomic mass is 32.2. The molecule has 0 spiro atoms. The third-order valence-corrected chi connectivity index (χ3v) is 5.27. The van der Waals surface area contributed by atoms with Crippen molar-refractivity contribution < 1.29 is 31.3 Å². The van der Waals surface area contributed by atoms with Gasteiger partial charge in [-0.15, -0.1) is 0 Å². The first-order chi connectivity index (χ1) is 16.3. The molecular weight excluding hydrogens is 490 g/mol. The van der Waals surface area contributed by atoms with E-state index < -0.39 is 45.8 Å². The van der Waals surface area contributed by atoms with Gasteiger partial charge in [0.2, 0.25) is 0 Å². The number of ether oxygens (including phenoxy) is 1. The molecular formula is C22H23F4N5O3S. The highest BCUT2D eigenvalue weighted by Gasteiger charge is 2.23. The smallest absolute Gasteiger partial charge is 0.261 e. The third kappa shape index (κ3) is 6.78. The van der Waals surface area contributed by atoms with Crippen LogP contribution >= 0.6 is 0 Å². The van der Waals surface area contributed by atoms with Gasteiger partial charge in [0, 0.05) is 34.4 Å². The van der Waals surface area contributed by atoms with Gasteiger partial charge in [-0.1, -0.05) is 0 Å². The monoisotopic (exact) mass is 513 g/mol. The number of fused-ring (bicyclic) bond motifs is 1. The van der Waals surface area contributed by atoms with Crippen molar-refractivity contribution in [3.8, 4) is 5.75 Å². The van der Waals surface area contributed by atoms with Crippen LogP contribution in [0, 0.1) is 11.6 Å². The number of benzene rings is 2. The van der Waals surface area contributed by atoms with Crippen LogP contribution in [0.3, 0.4) is 0 Å². The number of alkyl halides is 2. The molecule has 3 aromatic rings. The Balaban J connectivity index is 1.94. The number of nitrogens with zero attached hydrogens (tertiary/aromatic N) is 3. The zero-order valence-corrected chi connectivity index (χ0v) is 20.0. The minimum atomic E-state index is -2.77. The minimum absolute atomic E-state index is 0.00710. The van der Waals surface area contributed by atoms with Crippen molar-refractivity contribution in [1.82, 2.24) is 15.3 Å². The molecule has 1 amide bonds. The van der Waals surface area contributed by atoms with Crippen molar-refractivity contribution >= 4 is 43.7 Å². The van der Waals surface area contributed by atoms with Crippen LogP contribution in [0.1, 0.15) is 13.8 Å². The molecule has 13 heteroatoms. The van der Waals surface area contributed by atoms with Crippen LogP contribution in [0.2, 0.25) is 0 Å². The highest BCUT2D eigenvalue weighted by molar-refractivity contribution is 7.92. The molecule has 2 aromatic carbocycles. The molecule has 1 aromatic heterocycles. The zero-order chi connectivity index (χ0) is 25.9. The van der Waals surface area contributed by atoms with Crippen LogP contribution in [0.25, 0.3) is 10.9 Å².